The van der Waals surface area contributed by atoms with Crippen LogP contribution in [-0.2, 0) is 18.3 Å². The summed E-state index contributed by atoms with van der Waals surface area (Å²) in [6.07, 6.45) is 4.19. The van der Waals surface area contributed by atoms with E-state index in [-0.39, 0.29) is 16.9 Å². The van der Waals surface area contributed by atoms with Crippen molar-refractivity contribution in [3.8, 4) is 0 Å². The molecule has 2 aromatic heterocycles. The lowest BCUT2D eigenvalue weighted by atomic mass is 9.87. The van der Waals surface area contributed by atoms with Gasteiger partial charge < -0.3 is 0 Å². The minimum atomic E-state index is -0.309. The molecule has 146 valence electrons. The largest absolute Gasteiger partial charge is 0.281 e. The van der Waals surface area contributed by atoms with E-state index in [2.05, 4.69) is 31.2 Å². The van der Waals surface area contributed by atoms with Crippen molar-refractivity contribution in [1.82, 2.24) is 9.66 Å². The zero-order valence-electron chi connectivity index (χ0n) is 16.8. The lowest BCUT2D eigenvalue weighted by Crippen LogP contribution is -2.35. The molecule has 1 amide bonds. The maximum Gasteiger partial charge on any atom is 0.281 e. The summed E-state index contributed by atoms with van der Waals surface area (Å²) in [5, 5.41) is 0.675. The quantitative estimate of drug-likeness (QED) is 0.703. The molecule has 0 spiro atoms. The first-order chi connectivity index (χ1) is 13.3. The highest BCUT2D eigenvalue weighted by Crippen LogP contribution is 2.33. The molecule has 0 saturated heterocycles. The molecule has 0 atom stereocenters. The van der Waals surface area contributed by atoms with E-state index in [9.17, 15) is 9.59 Å². The van der Waals surface area contributed by atoms with Crippen LogP contribution in [0.15, 0.2) is 29.1 Å². The Bertz CT molecular complexity index is 1120. The minimum Gasteiger partial charge on any atom is -0.267 e. The molecule has 1 aliphatic rings. The van der Waals surface area contributed by atoms with Crippen LogP contribution in [-0.4, -0.2) is 15.6 Å². The van der Waals surface area contributed by atoms with Crippen LogP contribution in [0.2, 0.25) is 0 Å². The average molecular weight is 396 g/mol. The standard InChI is InChI=1S/C22H25N3O2S/c1-13-23-20-18(16-7-5-6-8-17(16)28-20)21(27)25(13)24-19(26)14-9-11-15(12-10-14)22(2,3)4/h9-12H,5-8H2,1-4H3,(H,24,26). The first-order valence-electron chi connectivity index (χ1n) is 9.71. The van der Waals surface area contributed by atoms with Gasteiger partial charge in [-0.1, -0.05) is 32.9 Å². The van der Waals surface area contributed by atoms with Crippen LogP contribution >= 0.6 is 11.3 Å². The molecule has 3 aromatic rings. The molecule has 0 bridgehead atoms. The average Bonchev–Trinajstić information content (AvgIpc) is 3.02. The van der Waals surface area contributed by atoms with Crippen molar-refractivity contribution in [2.45, 2.75) is 58.8 Å². The van der Waals surface area contributed by atoms with Crippen LogP contribution in [0.4, 0.5) is 0 Å². The molecule has 28 heavy (non-hydrogen) atoms. The van der Waals surface area contributed by atoms with E-state index in [4.69, 9.17) is 0 Å². The molecule has 0 fully saturated rings. The third-order valence-corrected chi connectivity index (χ3v) is 6.57. The van der Waals surface area contributed by atoms with Gasteiger partial charge in [0.2, 0.25) is 0 Å². The number of aryl methyl sites for hydroxylation is 3. The van der Waals surface area contributed by atoms with E-state index < -0.39 is 0 Å². The fraction of sp³-hybridized carbons (Fsp3) is 0.409. The highest BCUT2D eigenvalue weighted by Gasteiger charge is 2.22. The SMILES string of the molecule is Cc1nc2sc3c(c2c(=O)n1NC(=O)c1ccc(C(C)(C)C)cc1)CCCC3. The molecular formula is C22H25N3O2S. The third-order valence-electron chi connectivity index (χ3n) is 5.38. The molecule has 0 unspecified atom stereocenters. The Labute approximate surface area is 168 Å². The Kier molecular flexibility index (Phi) is 4.62. The number of hydrogen-bond donors (Lipinski definition) is 1. The smallest absolute Gasteiger partial charge is 0.267 e. The van der Waals surface area contributed by atoms with Gasteiger partial charge in [-0.3, -0.25) is 15.0 Å². The summed E-state index contributed by atoms with van der Waals surface area (Å²) < 4.78 is 1.30. The van der Waals surface area contributed by atoms with Crippen LogP contribution in [0.5, 0.6) is 0 Å². The van der Waals surface area contributed by atoms with Gasteiger partial charge in [0.05, 0.1) is 5.39 Å². The molecule has 5 nitrogen and oxygen atoms in total. The molecule has 6 heteroatoms. The molecule has 1 aromatic carbocycles. The first kappa shape index (κ1) is 18.9. The van der Waals surface area contributed by atoms with Gasteiger partial charge in [0, 0.05) is 10.4 Å². The van der Waals surface area contributed by atoms with Crippen molar-refractivity contribution < 1.29 is 4.79 Å². The molecule has 0 saturated carbocycles. The molecule has 0 aliphatic heterocycles. The number of nitrogens with zero attached hydrogens (tertiary/aromatic N) is 2. The van der Waals surface area contributed by atoms with Gasteiger partial charge in [-0.05, 0) is 61.3 Å². The van der Waals surface area contributed by atoms with Gasteiger partial charge in [0.1, 0.15) is 10.7 Å². The highest BCUT2D eigenvalue weighted by molar-refractivity contribution is 7.18. The Morgan fingerprint density at radius 2 is 1.82 bits per heavy atom. The minimum absolute atomic E-state index is 0.0233. The summed E-state index contributed by atoms with van der Waals surface area (Å²) in [5.74, 6) is 0.187. The van der Waals surface area contributed by atoms with Gasteiger partial charge >= 0.3 is 0 Å². The second-order valence-electron chi connectivity index (χ2n) is 8.46. The molecule has 0 radical (unpaired) electrons. The summed E-state index contributed by atoms with van der Waals surface area (Å²) in [4.78, 5) is 32.6. The predicted octanol–water partition coefficient (Wildman–Crippen LogP) is 4.33. The van der Waals surface area contributed by atoms with Crippen molar-refractivity contribution in [2.24, 2.45) is 0 Å². The van der Waals surface area contributed by atoms with E-state index in [1.165, 1.54) is 9.55 Å². The Morgan fingerprint density at radius 3 is 2.50 bits per heavy atom. The molecule has 1 aliphatic carbocycles. The van der Waals surface area contributed by atoms with Gasteiger partial charge in [-0.25, -0.2) is 9.66 Å². The van der Waals surface area contributed by atoms with Crippen LogP contribution in [0.1, 0.15) is 65.8 Å². The van der Waals surface area contributed by atoms with Crippen molar-refractivity contribution >= 4 is 27.5 Å². The summed E-state index contributed by atoms with van der Waals surface area (Å²) in [6, 6.07) is 7.52. The highest BCUT2D eigenvalue weighted by atomic mass is 32.1. The van der Waals surface area contributed by atoms with Crippen LogP contribution in [0.25, 0.3) is 10.2 Å². The number of amides is 1. The van der Waals surface area contributed by atoms with E-state index in [1.54, 1.807) is 30.4 Å². The van der Waals surface area contributed by atoms with Crippen LogP contribution < -0.4 is 11.0 Å². The topological polar surface area (TPSA) is 64.0 Å². The number of hydrogen-bond acceptors (Lipinski definition) is 4. The molecule has 2 heterocycles. The summed E-state index contributed by atoms with van der Waals surface area (Å²) in [7, 11) is 0. The fourth-order valence-corrected chi connectivity index (χ4v) is 5.02. The lowest BCUT2D eigenvalue weighted by molar-refractivity contribution is 0.101. The predicted molar refractivity (Wildman–Crippen MR) is 114 cm³/mol. The molecule has 4 rings (SSSR count). The summed E-state index contributed by atoms with van der Waals surface area (Å²) in [5.41, 5.74) is 5.40. The summed E-state index contributed by atoms with van der Waals surface area (Å²) in [6.45, 7) is 8.15. The van der Waals surface area contributed by atoms with Gasteiger partial charge in [0.25, 0.3) is 11.5 Å². The number of fused-ring (bicyclic) bond motifs is 3. The van der Waals surface area contributed by atoms with E-state index >= 15 is 0 Å². The molecule has 1 N–H and O–H groups in total. The van der Waals surface area contributed by atoms with Crippen molar-refractivity contribution in [2.75, 3.05) is 5.43 Å². The Hall–Kier alpha value is -2.47. The molecular weight excluding hydrogens is 370 g/mol. The Morgan fingerprint density at radius 1 is 1.14 bits per heavy atom. The zero-order valence-corrected chi connectivity index (χ0v) is 17.6. The van der Waals surface area contributed by atoms with Crippen LogP contribution in [0.3, 0.4) is 0 Å². The van der Waals surface area contributed by atoms with Crippen molar-refractivity contribution in [1.29, 1.82) is 0 Å². The van der Waals surface area contributed by atoms with Gasteiger partial charge in [0.15, 0.2) is 0 Å². The van der Waals surface area contributed by atoms with Gasteiger partial charge in [-0.15, -0.1) is 11.3 Å². The first-order valence-corrected chi connectivity index (χ1v) is 10.5. The van der Waals surface area contributed by atoms with Gasteiger partial charge in [-0.2, -0.15) is 0 Å². The van der Waals surface area contributed by atoms with Crippen molar-refractivity contribution in [3.05, 3.63) is 62.0 Å². The Balaban J connectivity index is 1.69. The number of carbonyl (C=O) groups is 1. The maximum atomic E-state index is 13.1. The second-order valence-corrected chi connectivity index (χ2v) is 9.54. The normalized spacial score (nSPS) is 14.1. The number of benzene rings is 1. The second kappa shape index (κ2) is 6.85. The van der Waals surface area contributed by atoms with E-state index in [0.29, 0.717) is 16.8 Å². The van der Waals surface area contributed by atoms with E-state index in [1.807, 2.05) is 12.1 Å². The fourth-order valence-electron chi connectivity index (χ4n) is 3.73. The maximum absolute atomic E-state index is 13.1. The van der Waals surface area contributed by atoms with E-state index in [0.717, 1.165) is 41.6 Å². The number of carbonyl (C=O) groups excluding carboxylic acids is 1. The number of thiophene rings is 1. The summed E-state index contributed by atoms with van der Waals surface area (Å²) >= 11 is 1.62. The van der Waals surface area contributed by atoms with Crippen LogP contribution in [0, 0.1) is 6.92 Å². The zero-order chi connectivity index (χ0) is 20.1. The number of rotatable bonds is 2. The lowest BCUT2D eigenvalue weighted by Gasteiger charge is -2.19. The number of aromatic nitrogens is 2. The monoisotopic (exact) mass is 395 g/mol. The number of nitrogens with one attached hydrogen (secondary N) is 1. The van der Waals surface area contributed by atoms with Crippen molar-refractivity contribution in [3.63, 3.8) is 0 Å². The third kappa shape index (κ3) is 3.26.